The molecule has 5 heteroatoms. The number of hydrogen-bond donors (Lipinski definition) is 1. The van der Waals surface area contributed by atoms with Crippen LogP contribution in [-0.2, 0) is 6.54 Å². The molecule has 108 valence electrons. The first-order chi connectivity index (χ1) is 9.24. The number of nitrogens with zero attached hydrogens (tertiary/aromatic N) is 2. The van der Waals surface area contributed by atoms with Crippen molar-refractivity contribution >= 4 is 28.9 Å². The van der Waals surface area contributed by atoms with Gasteiger partial charge in [-0.2, -0.15) is 0 Å². The van der Waals surface area contributed by atoms with Gasteiger partial charge in [-0.1, -0.05) is 30.3 Å². The highest BCUT2D eigenvalue weighted by Gasteiger charge is 2.31. The third kappa shape index (κ3) is 3.14. The highest BCUT2D eigenvalue weighted by atomic mass is 35.5. The van der Waals surface area contributed by atoms with E-state index >= 15 is 0 Å². The Labute approximate surface area is 130 Å². The standard InChI is InChI=1S/C15H19N3S.ClH/c1-11-14(12-5-3-2-4-6-12)7-8-18(11)10-13-9-17-15(16)19-13;/h2-6,9,11,14H,7-8,10H2,1H3,(H2,16,17);1H. The van der Waals surface area contributed by atoms with E-state index in [9.17, 15) is 0 Å². The number of aromatic nitrogens is 1. The Hall–Kier alpha value is -1.10. The van der Waals surface area contributed by atoms with Crippen LogP contribution in [0.3, 0.4) is 0 Å². The van der Waals surface area contributed by atoms with Gasteiger partial charge in [0, 0.05) is 29.6 Å². The van der Waals surface area contributed by atoms with E-state index in [-0.39, 0.29) is 12.4 Å². The lowest BCUT2D eigenvalue weighted by molar-refractivity contribution is 0.253. The molecule has 0 spiro atoms. The Morgan fingerprint density at radius 1 is 1.35 bits per heavy atom. The van der Waals surface area contributed by atoms with Crippen LogP contribution in [0.2, 0.25) is 0 Å². The first kappa shape index (κ1) is 15.3. The fraction of sp³-hybridized carbons (Fsp3) is 0.400. The number of nitrogen functional groups attached to an aromatic ring is 1. The summed E-state index contributed by atoms with van der Waals surface area (Å²) in [6.07, 6.45) is 3.14. The van der Waals surface area contributed by atoms with Crippen molar-refractivity contribution in [2.75, 3.05) is 12.3 Å². The van der Waals surface area contributed by atoms with E-state index in [1.165, 1.54) is 16.9 Å². The zero-order valence-electron chi connectivity index (χ0n) is 11.5. The third-order valence-corrected chi connectivity index (χ3v) is 4.85. The van der Waals surface area contributed by atoms with Gasteiger partial charge in [-0.15, -0.1) is 23.7 Å². The number of nitrogens with two attached hydrogens (primary N) is 1. The second-order valence-electron chi connectivity index (χ2n) is 5.18. The molecule has 1 fully saturated rings. The first-order valence-electron chi connectivity index (χ1n) is 6.73. The van der Waals surface area contributed by atoms with Crippen LogP contribution in [0.4, 0.5) is 5.13 Å². The summed E-state index contributed by atoms with van der Waals surface area (Å²) >= 11 is 1.60. The molecular formula is C15H20ClN3S. The minimum absolute atomic E-state index is 0. The number of benzene rings is 1. The molecule has 3 nitrogen and oxygen atoms in total. The van der Waals surface area contributed by atoms with Crippen molar-refractivity contribution in [3.8, 4) is 0 Å². The molecule has 0 radical (unpaired) electrons. The van der Waals surface area contributed by atoms with Crippen LogP contribution in [0.15, 0.2) is 36.5 Å². The van der Waals surface area contributed by atoms with Crippen LogP contribution < -0.4 is 5.73 Å². The molecule has 0 saturated carbocycles. The molecule has 2 unspecified atom stereocenters. The molecule has 0 amide bonds. The lowest BCUT2D eigenvalue weighted by Crippen LogP contribution is -2.28. The van der Waals surface area contributed by atoms with Crippen molar-refractivity contribution in [2.24, 2.45) is 0 Å². The van der Waals surface area contributed by atoms with Crippen LogP contribution in [0.25, 0.3) is 0 Å². The predicted molar refractivity (Wildman–Crippen MR) is 87.4 cm³/mol. The van der Waals surface area contributed by atoms with Crippen molar-refractivity contribution in [3.05, 3.63) is 47.0 Å². The fourth-order valence-electron chi connectivity index (χ4n) is 2.97. The smallest absolute Gasteiger partial charge is 0.180 e. The Balaban J connectivity index is 0.00000147. The van der Waals surface area contributed by atoms with Crippen molar-refractivity contribution in [3.63, 3.8) is 0 Å². The lowest BCUT2D eigenvalue weighted by Gasteiger charge is -2.24. The summed E-state index contributed by atoms with van der Waals surface area (Å²) in [6, 6.07) is 11.4. The summed E-state index contributed by atoms with van der Waals surface area (Å²) in [5, 5.41) is 0.668. The van der Waals surface area contributed by atoms with Crippen molar-refractivity contribution < 1.29 is 0 Å². The molecule has 1 aromatic carbocycles. The van der Waals surface area contributed by atoms with Gasteiger partial charge in [0.05, 0.1) is 0 Å². The van der Waals surface area contributed by atoms with Crippen molar-refractivity contribution in [2.45, 2.75) is 31.8 Å². The van der Waals surface area contributed by atoms with Gasteiger partial charge >= 0.3 is 0 Å². The van der Waals surface area contributed by atoms with Crippen LogP contribution in [0.5, 0.6) is 0 Å². The molecule has 1 saturated heterocycles. The van der Waals surface area contributed by atoms with Gasteiger partial charge in [-0.25, -0.2) is 4.98 Å². The number of anilines is 1. The lowest BCUT2D eigenvalue weighted by atomic mass is 9.93. The minimum Gasteiger partial charge on any atom is -0.375 e. The van der Waals surface area contributed by atoms with E-state index in [4.69, 9.17) is 5.73 Å². The largest absolute Gasteiger partial charge is 0.375 e. The molecule has 1 aliphatic rings. The van der Waals surface area contributed by atoms with Crippen LogP contribution in [0, 0.1) is 0 Å². The summed E-state index contributed by atoms with van der Waals surface area (Å²) in [7, 11) is 0. The summed E-state index contributed by atoms with van der Waals surface area (Å²) in [5.74, 6) is 0.645. The van der Waals surface area contributed by atoms with E-state index in [1.54, 1.807) is 11.3 Å². The monoisotopic (exact) mass is 309 g/mol. The highest BCUT2D eigenvalue weighted by molar-refractivity contribution is 7.15. The van der Waals surface area contributed by atoms with E-state index in [1.807, 2.05) is 6.20 Å². The molecule has 2 atom stereocenters. The molecule has 2 aromatic rings. The number of halogens is 1. The Morgan fingerprint density at radius 2 is 2.10 bits per heavy atom. The zero-order chi connectivity index (χ0) is 13.2. The maximum Gasteiger partial charge on any atom is 0.180 e. The van der Waals surface area contributed by atoms with Crippen molar-refractivity contribution in [1.82, 2.24) is 9.88 Å². The van der Waals surface area contributed by atoms with Gasteiger partial charge in [0.2, 0.25) is 0 Å². The topological polar surface area (TPSA) is 42.2 Å². The second-order valence-corrected chi connectivity index (χ2v) is 6.33. The number of hydrogen-bond acceptors (Lipinski definition) is 4. The van der Waals surface area contributed by atoms with Crippen LogP contribution in [-0.4, -0.2) is 22.5 Å². The molecule has 1 aliphatic heterocycles. The predicted octanol–water partition coefficient (Wildman–Crippen LogP) is 3.53. The maximum absolute atomic E-state index is 5.69. The van der Waals surface area contributed by atoms with Crippen LogP contribution in [0.1, 0.15) is 29.7 Å². The molecule has 1 aromatic heterocycles. The Morgan fingerprint density at radius 3 is 2.75 bits per heavy atom. The zero-order valence-corrected chi connectivity index (χ0v) is 13.2. The molecule has 2 heterocycles. The van der Waals surface area contributed by atoms with Gasteiger partial charge < -0.3 is 5.73 Å². The van der Waals surface area contributed by atoms with E-state index < -0.39 is 0 Å². The molecule has 3 rings (SSSR count). The number of rotatable bonds is 3. The second kappa shape index (κ2) is 6.57. The number of thiazole rings is 1. The van der Waals surface area contributed by atoms with Gasteiger partial charge in [0.25, 0.3) is 0 Å². The van der Waals surface area contributed by atoms with Gasteiger partial charge in [0.1, 0.15) is 0 Å². The van der Waals surface area contributed by atoms with Gasteiger partial charge in [-0.05, 0) is 25.5 Å². The minimum atomic E-state index is 0. The van der Waals surface area contributed by atoms with E-state index in [0.717, 1.165) is 13.1 Å². The van der Waals surface area contributed by atoms with Gasteiger partial charge in [-0.3, -0.25) is 4.90 Å². The average Bonchev–Trinajstić information content (AvgIpc) is 2.99. The fourth-order valence-corrected chi connectivity index (χ4v) is 3.68. The summed E-state index contributed by atoms with van der Waals surface area (Å²) in [6.45, 7) is 4.45. The summed E-state index contributed by atoms with van der Waals surface area (Å²) in [5.41, 5.74) is 7.15. The third-order valence-electron chi connectivity index (χ3n) is 4.04. The summed E-state index contributed by atoms with van der Waals surface area (Å²) < 4.78 is 0. The quantitative estimate of drug-likeness (QED) is 0.943. The normalized spacial score (nSPS) is 22.6. The first-order valence-corrected chi connectivity index (χ1v) is 7.55. The van der Waals surface area contributed by atoms with Gasteiger partial charge in [0.15, 0.2) is 5.13 Å². The van der Waals surface area contributed by atoms with E-state index in [0.29, 0.717) is 17.1 Å². The maximum atomic E-state index is 5.69. The molecule has 2 N–H and O–H groups in total. The highest BCUT2D eigenvalue weighted by Crippen LogP contribution is 2.34. The summed E-state index contributed by atoms with van der Waals surface area (Å²) in [4.78, 5) is 7.92. The molecule has 0 bridgehead atoms. The Bertz CT molecular complexity index is 543. The molecular weight excluding hydrogens is 290 g/mol. The Kier molecular flexibility index (Phi) is 5.02. The van der Waals surface area contributed by atoms with E-state index in [2.05, 4.69) is 47.1 Å². The van der Waals surface area contributed by atoms with Crippen molar-refractivity contribution in [1.29, 1.82) is 0 Å². The average molecular weight is 310 g/mol. The van der Waals surface area contributed by atoms with Crippen LogP contribution >= 0.6 is 23.7 Å². The number of likely N-dealkylation sites (tertiary alicyclic amines) is 1. The SMILES string of the molecule is CC1C(c2ccccc2)CCN1Cc1cnc(N)s1.Cl. The molecule has 0 aliphatic carbocycles. The molecule has 20 heavy (non-hydrogen) atoms.